The molecule has 6 heteroatoms. The molecule has 174 valence electrons. The van der Waals surface area contributed by atoms with Gasteiger partial charge in [-0.05, 0) is 73.6 Å². The number of hydrogen-bond donors (Lipinski definition) is 1. The van der Waals surface area contributed by atoms with Gasteiger partial charge >= 0.3 is 5.97 Å². The van der Waals surface area contributed by atoms with E-state index in [0.717, 1.165) is 42.0 Å². The molecule has 2 atom stereocenters. The van der Waals surface area contributed by atoms with E-state index in [1.807, 2.05) is 37.3 Å². The van der Waals surface area contributed by atoms with Crippen molar-refractivity contribution >= 4 is 17.6 Å². The summed E-state index contributed by atoms with van der Waals surface area (Å²) in [5.41, 5.74) is 2.96. The first-order valence-electron chi connectivity index (χ1n) is 11.2. The summed E-state index contributed by atoms with van der Waals surface area (Å²) < 4.78 is 36.7. The molecule has 1 heterocycles. The molecule has 1 aliphatic heterocycles. The number of aliphatic carboxylic acids is 1. The lowest BCUT2D eigenvalue weighted by Gasteiger charge is -2.44. The van der Waals surface area contributed by atoms with Crippen LogP contribution in [0, 0.1) is 11.6 Å². The maximum atomic E-state index is 15.5. The average Bonchev–Trinajstić information content (AvgIpc) is 3.56. The van der Waals surface area contributed by atoms with Crippen LogP contribution in [0.5, 0.6) is 0 Å². The summed E-state index contributed by atoms with van der Waals surface area (Å²) in [6, 6.07) is 11.8. The molecule has 1 aliphatic carbocycles. The summed E-state index contributed by atoms with van der Waals surface area (Å²) in [7, 11) is 1.69. The minimum Gasteiger partial charge on any atom is -0.478 e. The number of ether oxygens (including phenoxy) is 1. The van der Waals surface area contributed by atoms with Crippen LogP contribution < -0.4 is 0 Å². The van der Waals surface area contributed by atoms with Crippen molar-refractivity contribution in [1.29, 1.82) is 0 Å². The zero-order valence-corrected chi connectivity index (χ0v) is 19.1. The van der Waals surface area contributed by atoms with E-state index < -0.39 is 23.6 Å². The summed E-state index contributed by atoms with van der Waals surface area (Å²) in [6.45, 7) is 4.64. The Morgan fingerprint density at radius 3 is 2.39 bits per heavy atom. The molecule has 33 heavy (non-hydrogen) atoms. The number of carboxylic acids is 1. The van der Waals surface area contributed by atoms with Crippen LogP contribution in [0.1, 0.15) is 55.8 Å². The summed E-state index contributed by atoms with van der Waals surface area (Å²) in [6.07, 6.45) is 4.70. The highest BCUT2D eigenvalue weighted by molar-refractivity contribution is 5.85. The van der Waals surface area contributed by atoms with E-state index in [-0.39, 0.29) is 22.8 Å². The molecule has 4 nitrogen and oxygen atoms in total. The zero-order valence-electron chi connectivity index (χ0n) is 19.1. The van der Waals surface area contributed by atoms with Crippen molar-refractivity contribution in [2.24, 2.45) is 0 Å². The number of carbonyl (C=O) groups is 1. The van der Waals surface area contributed by atoms with Crippen molar-refractivity contribution in [3.8, 4) is 0 Å². The van der Waals surface area contributed by atoms with E-state index in [9.17, 15) is 4.79 Å². The van der Waals surface area contributed by atoms with Crippen LogP contribution in [-0.2, 0) is 9.53 Å². The first-order chi connectivity index (χ1) is 15.7. The molecule has 0 amide bonds. The Labute approximate surface area is 193 Å². The molecule has 2 unspecified atom stereocenters. The van der Waals surface area contributed by atoms with E-state index >= 15 is 8.78 Å². The fourth-order valence-electron chi connectivity index (χ4n) is 4.88. The standard InChI is InChI=1S/C27H29F2NO3/c1-17-13-21(20-7-5-4-6-8-20)18(2)26(30(17)16-27(33-3)11-12-27)25-22(28)14-19(15-23(25)29)9-10-24(31)32/h4-10,14-15,17,26H,11-13,16H2,1-3H3,(H,31,32)/b10-9+. The molecule has 1 saturated carbocycles. The number of methoxy groups -OCH3 is 1. The van der Waals surface area contributed by atoms with Crippen LogP contribution in [0.15, 0.2) is 54.1 Å². The number of hydrogen-bond acceptors (Lipinski definition) is 3. The SMILES string of the molecule is COC1(CN2C(C)CC(c3ccccc3)=C(C)C2c2c(F)cc(/C=C/C(=O)O)cc2F)CC1. The number of nitrogens with zero attached hydrogens (tertiary/aromatic N) is 1. The fraction of sp³-hybridized carbons (Fsp3) is 0.370. The molecule has 0 spiro atoms. The van der Waals surface area contributed by atoms with Crippen LogP contribution in [0.25, 0.3) is 11.6 Å². The van der Waals surface area contributed by atoms with Crippen LogP contribution >= 0.6 is 0 Å². The van der Waals surface area contributed by atoms with Gasteiger partial charge in [-0.1, -0.05) is 30.3 Å². The second kappa shape index (κ2) is 9.20. The predicted octanol–water partition coefficient (Wildman–Crippen LogP) is 5.85. The van der Waals surface area contributed by atoms with Crippen molar-refractivity contribution < 1.29 is 23.4 Å². The Balaban J connectivity index is 1.83. The van der Waals surface area contributed by atoms with Gasteiger partial charge in [-0.2, -0.15) is 0 Å². The molecular formula is C27H29F2NO3. The van der Waals surface area contributed by atoms with Gasteiger partial charge in [-0.15, -0.1) is 0 Å². The highest BCUT2D eigenvalue weighted by Crippen LogP contribution is 2.48. The molecule has 0 bridgehead atoms. The topological polar surface area (TPSA) is 49.8 Å². The first kappa shape index (κ1) is 23.3. The number of rotatable bonds is 7. The first-order valence-corrected chi connectivity index (χ1v) is 11.2. The van der Waals surface area contributed by atoms with Crippen molar-refractivity contribution in [2.45, 2.75) is 50.8 Å². The molecule has 2 aromatic rings. The Bertz CT molecular complexity index is 1080. The van der Waals surface area contributed by atoms with Crippen LogP contribution in [0.4, 0.5) is 8.78 Å². The second-order valence-electron chi connectivity index (χ2n) is 9.11. The van der Waals surface area contributed by atoms with Gasteiger partial charge in [0, 0.05) is 31.3 Å². The highest BCUT2D eigenvalue weighted by atomic mass is 19.1. The van der Waals surface area contributed by atoms with E-state index in [0.29, 0.717) is 6.54 Å². The number of benzene rings is 2. The predicted molar refractivity (Wildman–Crippen MR) is 125 cm³/mol. The van der Waals surface area contributed by atoms with Gasteiger partial charge in [0.2, 0.25) is 0 Å². The minimum atomic E-state index is -1.17. The van der Waals surface area contributed by atoms with Crippen molar-refractivity contribution in [3.63, 3.8) is 0 Å². The monoisotopic (exact) mass is 453 g/mol. The van der Waals surface area contributed by atoms with Crippen molar-refractivity contribution in [2.75, 3.05) is 13.7 Å². The van der Waals surface area contributed by atoms with E-state index in [1.54, 1.807) is 7.11 Å². The zero-order chi connectivity index (χ0) is 23.8. The van der Waals surface area contributed by atoms with Crippen LogP contribution in [-0.4, -0.2) is 41.3 Å². The van der Waals surface area contributed by atoms with E-state index in [4.69, 9.17) is 9.84 Å². The molecule has 2 aromatic carbocycles. The molecule has 0 aromatic heterocycles. The Morgan fingerprint density at radius 2 is 1.85 bits per heavy atom. The van der Waals surface area contributed by atoms with Gasteiger partial charge in [0.1, 0.15) is 11.6 Å². The van der Waals surface area contributed by atoms with Crippen LogP contribution in [0.3, 0.4) is 0 Å². The number of halogens is 2. The third-order valence-electron chi connectivity index (χ3n) is 6.91. The normalized spacial score (nSPS) is 22.7. The highest BCUT2D eigenvalue weighted by Gasteiger charge is 2.48. The number of carboxylic acid groups (broad SMARTS) is 1. The Kier molecular flexibility index (Phi) is 6.50. The molecule has 2 aliphatic rings. The Morgan fingerprint density at radius 1 is 1.21 bits per heavy atom. The smallest absolute Gasteiger partial charge is 0.328 e. The van der Waals surface area contributed by atoms with Crippen molar-refractivity contribution in [1.82, 2.24) is 4.90 Å². The van der Waals surface area contributed by atoms with Gasteiger partial charge in [-0.25, -0.2) is 13.6 Å². The summed E-state index contributed by atoms with van der Waals surface area (Å²) in [4.78, 5) is 13.0. The fourth-order valence-corrected chi connectivity index (χ4v) is 4.88. The summed E-state index contributed by atoms with van der Waals surface area (Å²) in [5, 5.41) is 8.85. The molecular weight excluding hydrogens is 424 g/mol. The lowest BCUT2D eigenvalue weighted by atomic mass is 9.82. The van der Waals surface area contributed by atoms with Crippen molar-refractivity contribution in [3.05, 3.63) is 82.4 Å². The van der Waals surface area contributed by atoms with Gasteiger partial charge in [0.25, 0.3) is 0 Å². The van der Waals surface area contributed by atoms with Crippen LogP contribution in [0.2, 0.25) is 0 Å². The maximum Gasteiger partial charge on any atom is 0.328 e. The largest absolute Gasteiger partial charge is 0.478 e. The van der Waals surface area contributed by atoms with Gasteiger partial charge in [-0.3, -0.25) is 4.90 Å². The lowest BCUT2D eigenvalue weighted by Crippen LogP contribution is -2.46. The quantitative estimate of drug-likeness (QED) is 0.534. The average molecular weight is 454 g/mol. The minimum absolute atomic E-state index is 0.00754. The Hall–Kier alpha value is -2.83. The maximum absolute atomic E-state index is 15.5. The second-order valence-corrected chi connectivity index (χ2v) is 9.11. The summed E-state index contributed by atoms with van der Waals surface area (Å²) >= 11 is 0. The lowest BCUT2D eigenvalue weighted by molar-refractivity contribution is -0.131. The summed E-state index contributed by atoms with van der Waals surface area (Å²) in [5.74, 6) is -2.54. The molecule has 0 radical (unpaired) electrons. The molecule has 0 saturated heterocycles. The van der Waals surface area contributed by atoms with Gasteiger partial charge in [0.15, 0.2) is 0 Å². The molecule has 4 rings (SSSR count). The van der Waals surface area contributed by atoms with E-state index in [1.165, 1.54) is 18.2 Å². The third kappa shape index (κ3) is 4.77. The molecule has 1 N–H and O–H groups in total. The molecule has 1 fully saturated rings. The van der Waals surface area contributed by atoms with Gasteiger partial charge < -0.3 is 9.84 Å². The van der Waals surface area contributed by atoms with Gasteiger partial charge in [0.05, 0.1) is 11.6 Å². The third-order valence-corrected chi connectivity index (χ3v) is 6.91. The van der Waals surface area contributed by atoms with E-state index in [2.05, 4.69) is 11.8 Å².